The Bertz CT molecular complexity index is 1100. The lowest BCUT2D eigenvalue weighted by molar-refractivity contribution is -0.150. The Kier molecular flexibility index (Phi) is 37.7. The molecule has 1 amide bonds. The molecular weight excluding hydrogens is 751 g/mol. The van der Waals surface area contributed by atoms with Crippen molar-refractivity contribution in [2.75, 3.05) is 32.8 Å². The highest BCUT2D eigenvalue weighted by atomic mass is 16.5. The van der Waals surface area contributed by atoms with Crippen LogP contribution in [0.4, 0.5) is 0 Å². The van der Waals surface area contributed by atoms with E-state index in [9.17, 15) is 19.5 Å². The quantitative estimate of drug-likeness (QED) is 0.0442. The molecule has 0 saturated carbocycles. The number of unbranched alkanes of at least 4 members (excludes halogenated alkanes) is 19. The van der Waals surface area contributed by atoms with Gasteiger partial charge in [0.05, 0.1) is 18.3 Å². The van der Waals surface area contributed by atoms with Crippen molar-refractivity contribution in [3.8, 4) is 0 Å². The van der Waals surface area contributed by atoms with Gasteiger partial charge in [0.1, 0.15) is 6.10 Å². The molecule has 0 saturated heterocycles. The third-order valence-corrected chi connectivity index (χ3v) is 12.1. The van der Waals surface area contributed by atoms with Crippen LogP contribution in [0.3, 0.4) is 0 Å². The SMILES string of the molecule is CCCCCCCCC(CCCCCCCC)OC(=O)CCCCCCCN(CCCCCC(=O)OCCCCCC(C)CC)CC(O)CCCCNC(=O)c1cc[nH]c1. The van der Waals surface area contributed by atoms with Crippen LogP contribution in [0.5, 0.6) is 0 Å². The van der Waals surface area contributed by atoms with E-state index in [1.165, 1.54) is 83.5 Å². The number of aromatic nitrogens is 1. The minimum atomic E-state index is -0.414. The lowest BCUT2D eigenvalue weighted by Crippen LogP contribution is -2.34. The van der Waals surface area contributed by atoms with E-state index in [1.54, 1.807) is 18.5 Å². The largest absolute Gasteiger partial charge is 0.466 e. The van der Waals surface area contributed by atoms with Gasteiger partial charge in [0.15, 0.2) is 0 Å². The highest BCUT2D eigenvalue weighted by Gasteiger charge is 2.15. The van der Waals surface area contributed by atoms with E-state index in [0.29, 0.717) is 44.5 Å². The van der Waals surface area contributed by atoms with Crippen LogP contribution in [-0.4, -0.2) is 77.8 Å². The van der Waals surface area contributed by atoms with Crippen LogP contribution in [0.25, 0.3) is 0 Å². The molecular formula is C51H95N3O6. The number of carbonyl (C=O) groups excluding carboxylic acids is 3. The first kappa shape index (κ1) is 55.6. The van der Waals surface area contributed by atoms with Gasteiger partial charge in [0, 0.05) is 38.3 Å². The third kappa shape index (κ3) is 34.2. The Labute approximate surface area is 369 Å². The molecule has 0 spiro atoms. The van der Waals surface area contributed by atoms with Crippen LogP contribution in [0.1, 0.15) is 244 Å². The fourth-order valence-corrected chi connectivity index (χ4v) is 7.92. The van der Waals surface area contributed by atoms with Gasteiger partial charge < -0.3 is 29.8 Å². The molecule has 1 rings (SSSR count). The molecule has 350 valence electrons. The lowest BCUT2D eigenvalue weighted by Gasteiger charge is -2.25. The minimum Gasteiger partial charge on any atom is -0.466 e. The highest BCUT2D eigenvalue weighted by molar-refractivity contribution is 5.93. The van der Waals surface area contributed by atoms with Crippen LogP contribution in [-0.2, 0) is 19.1 Å². The van der Waals surface area contributed by atoms with Gasteiger partial charge in [-0.3, -0.25) is 14.4 Å². The van der Waals surface area contributed by atoms with E-state index in [0.717, 1.165) is 122 Å². The molecule has 0 aliphatic carbocycles. The fraction of sp³-hybridized carbons (Fsp3) is 0.863. The molecule has 60 heavy (non-hydrogen) atoms. The number of nitrogens with zero attached hydrogens (tertiary/aromatic N) is 1. The maximum Gasteiger partial charge on any atom is 0.306 e. The lowest BCUT2D eigenvalue weighted by atomic mass is 10.0. The van der Waals surface area contributed by atoms with Gasteiger partial charge in [0.25, 0.3) is 5.91 Å². The second-order valence-corrected chi connectivity index (χ2v) is 17.9. The molecule has 0 aromatic carbocycles. The van der Waals surface area contributed by atoms with Crippen molar-refractivity contribution in [1.29, 1.82) is 0 Å². The van der Waals surface area contributed by atoms with Crippen molar-refractivity contribution in [3.63, 3.8) is 0 Å². The molecule has 0 bridgehead atoms. The number of ether oxygens (including phenoxy) is 2. The minimum absolute atomic E-state index is 0.0130. The number of nitrogens with one attached hydrogen (secondary N) is 2. The summed E-state index contributed by atoms with van der Waals surface area (Å²) in [6, 6.07) is 1.76. The maximum absolute atomic E-state index is 12.9. The maximum atomic E-state index is 12.9. The summed E-state index contributed by atoms with van der Waals surface area (Å²) in [4.78, 5) is 42.6. The summed E-state index contributed by atoms with van der Waals surface area (Å²) in [5, 5.41) is 13.9. The van der Waals surface area contributed by atoms with Gasteiger partial charge in [-0.1, -0.05) is 143 Å². The van der Waals surface area contributed by atoms with E-state index in [1.807, 2.05) is 0 Å². The summed E-state index contributed by atoms with van der Waals surface area (Å²) < 4.78 is 11.6. The molecule has 0 aliphatic rings. The third-order valence-electron chi connectivity index (χ3n) is 12.1. The second kappa shape index (κ2) is 40.7. The first-order valence-corrected chi connectivity index (χ1v) is 25.4. The number of carbonyl (C=O) groups is 3. The van der Waals surface area contributed by atoms with Crippen LogP contribution in [0.15, 0.2) is 18.5 Å². The average Bonchev–Trinajstić information content (AvgIpc) is 3.79. The number of aliphatic hydroxyl groups is 1. The van der Waals surface area contributed by atoms with E-state index in [-0.39, 0.29) is 23.9 Å². The molecule has 1 heterocycles. The molecule has 3 N–H and O–H groups in total. The Morgan fingerprint density at radius 1 is 0.650 bits per heavy atom. The zero-order chi connectivity index (χ0) is 43.7. The normalized spacial score (nSPS) is 12.6. The van der Waals surface area contributed by atoms with Crippen molar-refractivity contribution in [1.82, 2.24) is 15.2 Å². The van der Waals surface area contributed by atoms with Gasteiger partial charge in [-0.05, 0) is 102 Å². The standard InChI is InChI=1S/C51H95N3O6/c1-5-8-10-12-15-22-33-48(34-23-16-13-11-9-6-2)60-50(57)36-24-17-14-18-28-40-54(44-47(55)32-26-27-38-53-51(58)46-37-39-52-43-46)41-29-19-25-35-49(56)59-42-30-20-21-31-45(4)7-3/h37,39,43,45,47-48,52,55H,5-36,38,40-42,44H2,1-4H3,(H,53,58). The molecule has 9 nitrogen and oxygen atoms in total. The Balaban J connectivity index is 2.41. The molecule has 2 unspecified atom stereocenters. The summed E-state index contributed by atoms with van der Waals surface area (Å²) >= 11 is 0. The predicted octanol–water partition coefficient (Wildman–Crippen LogP) is 13.0. The average molecular weight is 846 g/mol. The summed E-state index contributed by atoms with van der Waals surface area (Å²) in [6.45, 7) is 12.7. The number of esters is 2. The van der Waals surface area contributed by atoms with Gasteiger partial charge in [-0.2, -0.15) is 0 Å². The number of H-pyrrole nitrogens is 1. The molecule has 9 heteroatoms. The smallest absolute Gasteiger partial charge is 0.306 e. The van der Waals surface area contributed by atoms with E-state index in [4.69, 9.17) is 9.47 Å². The summed E-state index contributed by atoms with van der Waals surface area (Å²) in [5.74, 6) is 0.609. The topological polar surface area (TPSA) is 121 Å². The summed E-state index contributed by atoms with van der Waals surface area (Å²) in [6.07, 6.45) is 37.4. The Hall–Kier alpha value is -2.39. The van der Waals surface area contributed by atoms with E-state index >= 15 is 0 Å². The number of hydrogen-bond donors (Lipinski definition) is 3. The van der Waals surface area contributed by atoms with Gasteiger partial charge in [-0.25, -0.2) is 0 Å². The van der Waals surface area contributed by atoms with Crippen LogP contribution < -0.4 is 5.32 Å². The van der Waals surface area contributed by atoms with Crippen molar-refractivity contribution in [2.24, 2.45) is 5.92 Å². The first-order valence-electron chi connectivity index (χ1n) is 25.4. The zero-order valence-electron chi connectivity index (χ0n) is 39.6. The van der Waals surface area contributed by atoms with Crippen molar-refractivity contribution >= 4 is 17.8 Å². The van der Waals surface area contributed by atoms with E-state index < -0.39 is 6.10 Å². The molecule has 0 radical (unpaired) electrons. The molecule has 0 aliphatic heterocycles. The van der Waals surface area contributed by atoms with Crippen molar-refractivity contribution in [2.45, 2.75) is 245 Å². The molecule has 1 aromatic heterocycles. The molecule has 2 atom stereocenters. The highest BCUT2D eigenvalue weighted by Crippen LogP contribution is 2.19. The number of amides is 1. The number of rotatable bonds is 44. The fourth-order valence-electron chi connectivity index (χ4n) is 7.92. The Morgan fingerprint density at radius 3 is 1.80 bits per heavy atom. The number of aliphatic hydroxyl groups excluding tert-OH is 1. The van der Waals surface area contributed by atoms with E-state index in [2.05, 4.69) is 42.9 Å². The monoisotopic (exact) mass is 846 g/mol. The van der Waals surface area contributed by atoms with Crippen LogP contribution in [0.2, 0.25) is 0 Å². The van der Waals surface area contributed by atoms with Gasteiger partial charge in [-0.15, -0.1) is 0 Å². The van der Waals surface area contributed by atoms with Gasteiger partial charge in [0.2, 0.25) is 0 Å². The zero-order valence-corrected chi connectivity index (χ0v) is 39.6. The van der Waals surface area contributed by atoms with Crippen molar-refractivity contribution < 1.29 is 29.0 Å². The van der Waals surface area contributed by atoms with Crippen LogP contribution >= 0.6 is 0 Å². The second-order valence-electron chi connectivity index (χ2n) is 17.9. The summed E-state index contributed by atoms with van der Waals surface area (Å²) in [7, 11) is 0. The predicted molar refractivity (Wildman–Crippen MR) is 250 cm³/mol. The van der Waals surface area contributed by atoms with Crippen molar-refractivity contribution in [3.05, 3.63) is 24.0 Å². The van der Waals surface area contributed by atoms with Gasteiger partial charge >= 0.3 is 11.9 Å². The first-order chi connectivity index (χ1) is 29.3. The number of aromatic amines is 1. The number of hydrogen-bond acceptors (Lipinski definition) is 7. The Morgan fingerprint density at radius 2 is 1.18 bits per heavy atom. The summed E-state index contributed by atoms with van der Waals surface area (Å²) in [5.41, 5.74) is 0.634. The molecule has 1 aromatic rings. The van der Waals surface area contributed by atoms with Crippen LogP contribution in [0, 0.1) is 5.92 Å². The molecule has 0 fully saturated rings.